The summed E-state index contributed by atoms with van der Waals surface area (Å²) >= 11 is 0. The molecule has 1 aliphatic rings. The largest absolute Gasteiger partial charge is 1.00 e. The van der Waals surface area contributed by atoms with E-state index in [4.69, 9.17) is 86.6 Å². The van der Waals surface area contributed by atoms with E-state index in [-0.39, 0.29) is 123 Å². The summed E-state index contributed by atoms with van der Waals surface area (Å²) in [5.74, 6) is 3.10. The number of likely N-dealkylation sites (tertiary alicyclic amines) is 1. The van der Waals surface area contributed by atoms with Gasteiger partial charge in [0.1, 0.15) is 49.4 Å². The van der Waals surface area contributed by atoms with E-state index in [1.807, 2.05) is 87.4 Å². The Balaban J connectivity index is -0.000000161. The first-order valence-corrected chi connectivity index (χ1v) is 31.0. The Bertz CT molecular complexity index is 3580. The van der Waals surface area contributed by atoms with Crippen molar-refractivity contribution < 1.29 is 157 Å². The van der Waals surface area contributed by atoms with Crippen molar-refractivity contribution in [3.05, 3.63) is 189 Å². The molecule has 5 N–H and O–H groups in total. The van der Waals surface area contributed by atoms with Gasteiger partial charge in [0.15, 0.2) is 17.5 Å². The van der Waals surface area contributed by atoms with E-state index in [1.165, 1.54) is 6.92 Å². The predicted octanol–water partition coefficient (Wildman–Crippen LogP) is 3.40. The molecule has 1 fully saturated rings. The van der Waals surface area contributed by atoms with E-state index >= 15 is 0 Å². The molecule has 7 rings (SSSR count). The molecule has 2 radical (unpaired) electrons. The van der Waals surface area contributed by atoms with Crippen LogP contribution in [0.2, 0.25) is 0 Å². The molecule has 0 spiro atoms. The van der Waals surface area contributed by atoms with E-state index in [2.05, 4.69) is 95.8 Å². The molecule has 0 saturated carbocycles. The third-order valence-corrected chi connectivity index (χ3v) is 12.6. The Labute approximate surface area is 691 Å². The van der Waals surface area contributed by atoms with Crippen molar-refractivity contribution >= 4 is 0 Å². The number of aryl methyl sites for hydroxylation is 9. The summed E-state index contributed by atoms with van der Waals surface area (Å²) in [5, 5.41) is 193. The molecule has 7 heterocycles. The van der Waals surface area contributed by atoms with Crippen LogP contribution in [0.1, 0.15) is 133 Å². The van der Waals surface area contributed by atoms with Crippen molar-refractivity contribution in [1.82, 2.24) is 95.4 Å². The fraction of sp³-hybridized carbons (Fsp3) is 0.667. The van der Waals surface area contributed by atoms with Gasteiger partial charge in [-0.25, -0.2) is 14.0 Å². The van der Waals surface area contributed by atoms with Crippen molar-refractivity contribution in [1.29, 1.82) is 5.26 Å². The zero-order valence-corrected chi connectivity index (χ0v) is 68.4. The number of nitriles is 1. The minimum Gasteiger partial charge on any atom is -0.378 e. The molecule has 63 nitrogen and oxygen atoms in total. The van der Waals surface area contributed by atoms with Gasteiger partial charge in [-0.15, -0.1) is 152 Å². The van der Waals surface area contributed by atoms with Gasteiger partial charge in [0.2, 0.25) is 0 Å². The molecule has 1 saturated heterocycles. The molecule has 0 aromatic carbocycles. The maximum atomic E-state index is 10.5. The first-order chi connectivity index (χ1) is 52.1. The van der Waals surface area contributed by atoms with Crippen LogP contribution in [-0.4, -0.2) is 241 Å². The molecular weight excluding hydrogens is 1750 g/mol. The molecule has 1 aliphatic heterocycles. The van der Waals surface area contributed by atoms with Crippen LogP contribution in [-0.2, 0) is 75.3 Å². The van der Waals surface area contributed by atoms with E-state index in [0.29, 0.717) is 54.6 Å². The fourth-order valence-corrected chi connectivity index (χ4v) is 7.74. The summed E-state index contributed by atoms with van der Waals surface area (Å²) in [4.78, 5) is 121. The third-order valence-electron chi connectivity index (χ3n) is 12.6. The van der Waals surface area contributed by atoms with E-state index in [9.17, 15) is 60.7 Å². The molecule has 0 bridgehead atoms. The van der Waals surface area contributed by atoms with Crippen molar-refractivity contribution in [3.8, 4) is 23.9 Å². The summed E-state index contributed by atoms with van der Waals surface area (Å²) in [6.07, 6.45) is 1.36. The molecule has 0 aliphatic carbocycles. The van der Waals surface area contributed by atoms with Gasteiger partial charge in [-0.1, -0.05) is 27.7 Å². The van der Waals surface area contributed by atoms with Crippen LogP contribution in [0.3, 0.4) is 0 Å². The van der Waals surface area contributed by atoms with Crippen LogP contribution >= 0.6 is 0 Å². The topological polar surface area (TPSA) is 857 Å². The summed E-state index contributed by atoms with van der Waals surface area (Å²) in [7, 11) is 0. The first kappa shape index (κ1) is 122. The molecule has 0 amide bonds. The van der Waals surface area contributed by atoms with Crippen molar-refractivity contribution in [3.63, 3.8) is 0 Å². The minimum absolute atomic E-state index is 0. The monoisotopic (exact) mass is 1840 g/mol. The number of nitrogens with zero attached hydrogens (tertiary/aromatic N) is 31. The number of nitro groups is 2. The maximum absolute atomic E-state index is 10.5. The second-order valence-electron chi connectivity index (χ2n) is 22.8. The van der Waals surface area contributed by atoms with E-state index in [1.54, 1.807) is 73.5 Å². The maximum Gasteiger partial charge on any atom is 1.00 e. The second kappa shape index (κ2) is 64.4. The van der Waals surface area contributed by atoms with Crippen LogP contribution in [0.5, 0.6) is 0 Å². The van der Waals surface area contributed by atoms with Crippen LogP contribution in [0.4, 0.5) is 0 Å². The Morgan fingerprint density at radius 3 is 0.812 bits per heavy atom. The number of ether oxygens (including phenoxy) is 1. The molecule has 0 atom stereocenters. The van der Waals surface area contributed by atoms with Crippen molar-refractivity contribution in [2.24, 2.45) is 16.7 Å². The van der Waals surface area contributed by atoms with Gasteiger partial charge in [-0.05, 0) is 133 Å². The Morgan fingerprint density at radius 2 is 0.658 bits per heavy atom. The Morgan fingerprint density at radius 1 is 0.444 bits per heavy atom. The van der Waals surface area contributed by atoms with Gasteiger partial charge < -0.3 is 57.6 Å². The van der Waals surface area contributed by atoms with Crippen molar-refractivity contribution in [2.75, 3.05) is 46.1 Å². The smallest absolute Gasteiger partial charge is 0.378 e. The number of aromatic nitrogens is 18. The molecule has 0 unspecified atom stereocenters. The fourth-order valence-electron chi connectivity index (χ4n) is 7.74. The zero-order valence-electron chi connectivity index (χ0n) is 65.6. The van der Waals surface area contributed by atoms with E-state index in [0.717, 1.165) is 34.2 Å². The van der Waals surface area contributed by atoms with Gasteiger partial charge in [0, 0.05) is 75.0 Å². The molecular formula is C51H88Cu3N31O32. The molecule has 66 heteroatoms. The third kappa shape index (κ3) is 60.3. The van der Waals surface area contributed by atoms with E-state index < -0.39 is 72.1 Å². The molecule has 117 heavy (non-hydrogen) atoms. The number of hydrogen-bond acceptors (Lipinski definition) is 44. The summed E-state index contributed by atoms with van der Waals surface area (Å²) in [6, 6.07) is 7.71. The van der Waals surface area contributed by atoms with Crippen LogP contribution in [0, 0.1) is 209 Å². The zero-order chi connectivity index (χ0) is 88.9. The second-order valence-corrected chi connectivity index (χ2v) is 22.8. The molecule has 6 aromatic rings. The normalized spacial score (nSPS) is 10.6. The summed E-state index contributed by atoms with van der Waals surface area (Å²) < 4.78 is 10.2. The van der Waals surface area contributed by atoms with Gasteiger partial charge >= 0.3 is 22.7 Å². The van der Waals surface area contributed by atoms with Gasteiger partial charge in [-0.2, -0.15) is 20.6 Å². The number of hydrogen-bond donors (Lipinski definition) is 5. The quantitative estimate of drug-likeness (QED) is 0.0180. The summed E-state index contributed by atoms with van der Waals surface area (Å²) in [6.45, 7) is 31.8. The number of rotatable bonds is 25. The standard InChI is InChI=1S/C9H18N2O7.C9H18N2O6.3C8H10N6.C6H11N3O4.C2H3N.CH3.3Cu.5HNO3/c1-4-9(5-16-8(2)3,6-17-10(12)13)7-18-11(14)15;1-4-9(5-8(2)3,6-16-10(12)13)7-17-11(14)15;3*1-5-4-6(2)14(13-5)8-11-9-7(3)10-12-8;1-5(2)7-3-6(4-7,8(10)11)9(12)13;1-2-3;;;;;5*2-1(3)4/h8H,4-7H2,1-3H3;8H,4-7H2,1-3H3;3*4H,1-3H3;5H,3-4H2,1-2H3;1H3;1H3;;;;5*(H,2,3,4)/q;;;;;;;-1;;;+1;;;;;. The van der Waals surface area contributed by atoms with Crippen LogP contribution in [0.25, 0.3) is 17.8 Å². The van der Waals surface area contributed by atoms with Gasteiger partial charge in [0.25, 0.3) is 63.6 Å². The SMILES string of the molecule is CC#N.CC(C)N1CC([N+](=O)[O-])([N+](=O)[O-])C1.CCC(COC(C)C)(CO[N+](=O)[O-])CO[N+](=O)[O-].CCC(CO[N+](=O)[O-])(CO[N+](=O)[O-])CC(C)C.Cc1cc(C)n(-c2nnc(C)nn2)n1.Cc1cc(C)n(-c2nnc(C)nn2)n1.Cc1cc(C)n(-c2nnc(C)nn2)n1.O=[N+]([O-])O.O=[N+]([O-])O.O=[N+]([O-])O.O=[N+]([O-])O.O=[N+]([O-])O.[CH3-].[Cu+].[Cu].[Cu]. The van der Waals surface area contributed by atoms with Gasteiger partial charge in [0.05, 0.1) is 35.9 Å². The first-order valence-electron chi connectivity index (χ1n) is 31.0. The summed E-state index contributed by atoms with van der Waals surface area (Å²) in [5.41, 5.74) is 2.10. The minimum atomic E-state index is -1.95. The van der Waals surface area contributed by atoms with Crippen molar-refractivity contribution in [2.45, 2.75) is 162 Å². The molecule has 6 aromatic heterocycles. The molecule has 672 valence electrons. The van der Waals surface area contributed by atoms with Crippen LogP contribution < -0.4 is 0 Å². The predicted molar refractivity (Wildman–Crippen MR) is 370 cm³/mol. The Kier molecular flexibility index (Phi) is 67.3. The van der Waals surface area contributed by atoms with Crippen LogP contribution in [0.15, 0.2) is 18.2 Å². The van der Waals surface area contributed by atoms with Gasteiger partial charge in [-0.3, -0.25) is 25.1 Å². The Hall–Kier alpha value is -13.0. The average Bonchev–Trinajstić information content (AvgIpc) is 1.62. The average molecular weight is 1840 g/mol.